The summed E-state index contributed by atoms with van der Waals surface area (Å²) in [6.45, 7) is 11.1. The summed E-state index contributed by atoms with van der Waals surface area (Å²) in [5, 5.41) is 10.7. The maximum absolute atomic E-state index is 12.8. The Morgan fingerprint density at radius 2 is 1.85 bits per heavy atom. The first-order valence-electron chi connectivity index (χ1n) is 11.7. The fourth-order valence-corrected chi connectivity index (χ4v) is 3.54. The van der Waals surface area contributed by atoms with Crippen LogP contribution in [0.15, 0.2) is 42.7 Å². The van der Waals surface area contributed by atoms with Crippen LogP contribution >= 0.6 is 0 Å². The van der Waals surface area contributed by atoms with E-state index >= 15 is 0 Å². The van der Waals surface area contributed by atoms with E-state index in [1.165, 1.54) is 5.56 Å². The van der Waals surface area contributed by atoms with Gasteiger partial charge in [0.25, 0.3) is 0 Å². The number of nitrogens with one attached hydrogen (secondary N) is 2. The van der Waals surface area contributed by atoms with Crippen molar-refractivity contribution in [2.45, 2.75) is 54.0 Å². The average Bonchev–Trinajstić information content (AvgIpc) is 3.38. The first-order valence-corrected chi connectivity index (χ1v) is 11.7. The Hall–Kier alpha value is -3.75. The highest BCUT2D eigenvalue weighted by atomic mass is 16.2. The second kappa shape index (κ2) is 9.62. The van der Waals surface area contributed by atoms with Crippen molar-refractivity contribution < 1.29 is 4.79 Å². The van der Waals surface area contributed by atoms with Crippen LogP contribution in [-0.2, 0) is 17.8 Å². The van der Waals surface area contributed by atoms with E-state index < -0.39 is 5.41 Å². The van der Waals surface area contributed by atoms with E-state index in [2.05, 4.69) is 39.8 Å². The molecular weight excluding hydrogens is 428 g/mol. The maximum atomic E-state index is 12.8. The van der Waals surface area contributed by atoms with Crippen molar-refractivity contribution in [3.63, 3.8) is 0 Å². The van der Waals surface area contributed by atoms with Crippen LogP contribution in [0.3, 0.4) is 0 Å². The highest BCUT2D eigenvalue weighted by Crippen LogP contribution is 2.27. The van der Waals surface area contributed by atoms with E-state index in [0.717, 1.165) is 18.4 Å². The lowest BCUT2D eigenvalue weighted by atomic mass is 9.96. The maximum Gasteiger partial charge on any atom is 0.233 e. The van der Waals surface area contributed by atoms with E-state index in [-0.39, 0.29) is 5.91 Å². The van der Waals surface area contributed by atoms with Crippen molar-refractivity contribution in [2.24, 2.45) is 5.41 Å². The quantitative estimate of drug-likeness (QED) is 0.405. The molecule has 1 aromatic carbocycles. The standard InChI is InChI=1S/C25H32N8O/c1-6-14-32-21-19(28-24(32)33-16-17(2)15-27-33)20(29-22(34)25(3,4)5)30-23(31-21)26-13-12-18-10-8-7-9-11-18/h7-11,15-16H,6,12-14H2,1-5H3,(H2,26,29,30,31,34). The number of hydrogen-bond acceptors (Lipinski definition) is 6. The van der Waals surface area contributed by atoms with Gasteiger partial charge in [0.2, 0.25) is 17.8 Å². The van der Waals surface area contributed by atoms with E-state index in [1.54, 1.807) is 10.9 Å². The third kappa shape index (κ3) is 5.08. The lowest BCUT2D eigenvalue weighted by Crippen LogP contribution is -2.28. The fourth-order valence-electron chi connectivity index (χ4n) is 3.54. The van der Waals surface area contributed by atoms with Gasteiger partial charge < -0.3 is 10.6 Å². The number of rotatable bonds is 8. The zero-order valence-electron chi connectivity index (χ0n) is 20.5. The highest BCUT2D eigenvalue weighted by Gasteiger charge is 2.25. The summed E-state index contributed by atoms with van der Waals surface area (Å²) in [5.41, 5.74) is 2.89. The summed E-state index contributed by atoms with van der Waals surface area (Å²) in [5.74, 6) is 1.36. The summed E-state index contributed by atoms with van der Waals surface area (Å²) in [4.78, 5) is 27.1. The largest absolute Gasteiger partial charge is 0.354 e. The molecule has 9 heteroatoms. The van der Waals surface area contributed by atoms with Crippen molar-refractivity contribution in [1.82, 2.24) is 29.3 Å². The molecule has 0 atom stereocenters. The molecule has 0 radical (unpaired) electrons. The van der Waals surface area contributed by atoms with Crippen LogP contribution in [0, 0.1) is 12.3 Å². The number of fused-ring (bicyclic) bond motifs is 1. The molecule has 0 saturated carbocycles. The van der Waals surface area contributed by atoms with Gasteiger partial charge in [0.1, 0.15) is 0 Å². The zero-order chi connectivity index (χ0) is 24.3. The molecular formula is C25H32N8O. The van der Waals surface area contributed by atoms with E-state index in [0.29, 0.717) is 42.0 Å². The number of carbonyl (C=O) groups is 1. The monoisotopic (exact) mass is 460 g/mol. The van der Waals surface area contributed by atoms with Gasteiger partial charge in [-0.15, -0.1) is 0 Å². The summed E-state index contributed by atoms with van der Waals surface area (Å²) in [6, 6.07) is 10.2. The topological polar surface area (TPSA) is 103 Å². The number of anilines is 2. The number of aryl methyl sites for hydroxylation is 2. The van der Waals surface area contributed by atoms with Gasteiger partial charge in [-0.3, -0.25) is 9.36 Å². The molecule has 0 spiro atoms. The van der Waals surface area contributed by atoms with Gasteiger partial charge in [0, 0.05) is 24.7 Å². The smallest absolute Gasteiger partial charge is 0.233 e. The van der Waals surface area contributed by atoms with Crippen molar-refractivity contribution in [3.8, 4) is 5.95 Å². The van der Waals surface area contributed by atoms with Crippen LogP contribution in [0.2, 0.25) is 0 Å². The third-order valence-electron chi connectivity index (χ3n) is 5.39. The Balaban J connectivity index is 1.76. The molecule has 0 fully saturated rings. The molecule has 2 N–H and O–H groups in total. The second-order valence-electron chi connectivity index (χ2n) is 9.46. The van der Waals surface area contributed by atoms with Crippen molar-refractivity contribution in [2.75, 3.05) is 17.2 Å². The Morgan fingerprint density at radius 1 is 1.09 bits per heavy atom. The number of benzene rings is 1. The summed E-state index contributed by atoms with van der Waals surface area (Å²) in [6.07, 6.45) is 5.44. The van der Waals surface area contributed by atoms with Crippen molar-refractivity contribution in [3.05, 3.63) is 53.9 Å². The number of aromatic nitrogens is 6. The number of hydrogen-bond donors (Lipinski definition) is 2. The molecule has 0 saturated heterocycles. The van der Waals surface area contributed by atoms with Gasteiger partial charge in [-0.25, -0.2) is 9.67 Å². The number of nitrogens with zero attached hydrogens (tertiary/aromatic N) is 6. The van der Waals surface area contributed by atoms with Gasteiger partial charge in [-0.05, 0) is 30.9 Å². The second-order valence-corrected chi connectivity index (χ2v) is 9.46. The van der Waals surface area contributed by atoms with Crippen LogP contribution in [0.25, 0.3) is 17.1 Å². The molecule has 0 aliphatic heterocycles. The highest BCUT2D eigenvalue weighted by molar-refractivity contribution is 6.00. The molecule has 4 aromatic rings. The van der Waals surface area contributed by atoms with Crippen LogP contribution in [0.4, 0.5) is 11.8 Å². The van der Waals surface area contributed by atoms with Crippen LogP contribution in [0.5, 0.6) is 0 Å². The van der Waals surface area contributed by atoms with E-state index in [9.17, 15) is 4.79 Å². The minimum atomic E-state index is -0.577. The van der Waals surface area contributed by atoms with Crippen molar-refractivity contribution in [1.29, 1.82) is 0 Å². The van der Waals surface area contributed by atoms with Gasteiger partial charge in [0.05, 0.1) is 6.20 Å². The Bertz CT molecular complexity index is 1280. The Morgan fingerprint density at radius 3 is 2.50 bits per heavy atom. The minimum Gasteiger partial charge on any atom is -0.354 e. The lowest BCUT2D eigenvalue weighted by molar-refractivity contribution is -0.123. The van der Waals surface area contributed by atoms with Gasteiger partial charge in [-0.2, -0.15) is 15.1 Å². The first kappa shape index (κ1) is 23.4. The molecule has 34 heavy (non-hydrogen) atoms. The molecule has 3 heterocycles. The number of carbonyl (C=O) groups excluding carboxylic acids is 1. The average molecular weight is 461 g/mol. The van der Waals surface area contributed by atoms with Gasteiger partial charge in [0.15, 0.2) is 17.0 Å². The van der Waals surface area contributed by atoms with E-state index in [1.807, 2.05) is 56.7 Å². The minimum absolute atomic E-state index is 0.135. The predicted octanol–water partition coefficient (Wildman–Crippen LogP) is 4.37. The zero-order valence-corrected chi connectivity index (χ0v) is 20.5. The summed E-state index contributed by atoms with van der Waals surface area (Å²) < 4.78 is 3.77. The lowest BCUT2D eigenvalue weighted by Gasteiger charge is -2.17. The van der Waals surface area contributed by atoms with Gasteiger partial charge in [-0.1, -0.05) is 58.0 Å². The molecule has 178 valence electrons. The SMILES string of the molecule is CCCn1c(-n2cc(C)cn2)nc2c(NC(=O)C(C)(C)C)nc(NCCc3ccccc3)nc21. The molecule has 0 bridgehead atoms. The molecule has 4 rings (SSSR count). The Labute approximate surface area is 199 Å². The molecule has 9 nitrogen and oxygen atoms in total. The summed E-state index contributed by atoms with van der Waals surface area (Å²) >= 11 is 0. The number of imidazole rings is 1. The first-order chi connectivity index (χ1) is 16.3. The normalized spacial score (nSPS) is 11.7. The molecule has 3 aromatic heterocycles. The van der Waals surface area contributed by atoms with Crippen LogP contribution in [0.1, 0.15) is 45.2 Å². The molecule has 0 aliphatic rings. The molecule has 0 aliphatic carbocycles. The molecule has 1 amide bonds. The van der Waals surface area contributed by atoms with Crippen LogP contribution < -0.4 is 10.6 Å². The molecule has 0 unspecified atom stereocenters. The van der Waals surface area contributed by atoms with Crippen LogP contribution in [-0.4, -0.2) is 41.8 Å². The van der Waals surface area contributed by atoms with Crippen molar-refractivity contribution >= 4 is 28.8 Å². The Kier molecular flexibility index (Phi) is 6.63. The third-order valence-corrected chi connectivity index (χ3v) is 5.39. The predicted molar refractivity (Wildman–Crippen MR) is 134 cm³/mol. The number of amides is 1. The van der Waals surface area contributed by atoms with E-state index in [4.69, 9.17) is 9.97 Å². The fraction of sp³-hybridized carbons (Fsp3) is 0.400. The summed E-state index contributed by atoms with van der Waals surface area (Å²) in [7, 11) is 0. The van der Waals surface area contributed by atoms with Gasteiger partial charge >= 0.3 is 0 Å².